The number of nitrogens with zero attached hydrogens (tertiary/aromatic N) is 1. The summed E-state index contributed by atoms with van der Waals surface area (Å²) in [6, 6.07) is 22.0. The number of benzene rings is 2. The molecule has 3 heteroatoms. The molecule has 2 aliphatic rings. The van der Waals surface area contributed by atoms with Gasteiger partial charge in [-0.1, -0.05) is 48.5 Å². The lowest BCUT2D eigenvalue weighted by Crippen LogP contribution is -2.42. The lowest BCUT2D eigenvalue weighted by molar-refractivity contribution is -0.116. The zero-order valence-corrected chi connectivity index (χ0v) is 15.3. The zero-order chi connectivity index (χ0) is 17.8. The van der Waals surface area contributed by atoms with E-state index in [1.165, 1.54) is 31.2 Å². The third kappa shape index (κ3) is 4.16. The topological polar surface area (TPSA) is 32.3 Å². The van der Waals surface area contributed by atoms with E-state index in [2.05, 4.69) is 40.5 Å². The first-order valence-corrected chi connectivity index (χ1v) is 9.92. The predicted molar refractivity (Wildman–Crippen MR) is 106 cm³/mol. The Bertz CT molecular complexity index is 702. The molecule has 2 aromatic rings. The van der Waals surface area contributed by atoms with Gasteiger partial charge in [0.2, 0.25) is 5.91 Å². The molecule has 2 heterocycles. The van der Waals surface area contributed by atoms with Gasteiger partial charge in [-0.3, -0.25) is 9.69 Å². The molecule has 2 saturated heterocycles. The molecule has 4 rings (SSSR count). The summed E-state index contributed by atoms with van der Waals surface area (Å²) >= 11 is 0. The number of nitrogens with one attached hydrogen (secondary N) is 1. The van der Waals surface area contributed by atoms with Crippen LogP contribution in [0.2, 0.25) is 0 Å². The van der Waals surface area contributed by atoms with E-state index in [9.17, 15) is 4.79 Å². The molecule has 0 spiro atoms. The van der Waals surface area contributed by atoms with Crippen LogP contribution >= 0.6 is 0 Å². The lowest BCUT2D eigenvalue weighted by atomic mass is 9.87. The molecule has 3 nitrogen and oxygen atoms in total. The average molecular weight is 348 g/mol. The number of hydrogen-bond acceptors (Lipinski definition) is 2. The SMILES string of the molecule is O=C(CCC1CC2CCC(C1)N2Cc1ccccc1)Nc1ccccc1. The predicted octanol–water partition coefficient (Wildman–Crippen LogP) is 4.85. The number of para-hydroxylation sites is 1. The van der Waals surface area contributed by atoms with Crippen LogP contribution in [0.3, 0.4) is 0 Å². The Hall–Kier alpha value is -2.13. The molecule has 0 aromatic heterocycles. The van der Waals surface area contributed by atoms with E-state index in [4.69, 9.17) is 0 Å². The molecular formula is C23H28N2O. The molecule has 2 unspecified atom stereocenters. The fourth-order valence-corrected chi connectivity index (χ4v) is 4.76. The van der Waals surface area contributed by atoms with E-state index in [0.717, 1.165) is 18.7 Å². The average Bonchev–Trinajstić information content (AvgIpc) is 2.90. The van der Waals surface area contributed by atoms with Gasteiger partial charge in [0.25, 0.3) is 0 Å². The Kier molecular flexibility index (Phi) is 5.35. The molecule has 0 radical (unpaired) electrons. The first-order valence-electron chi connectivity index (χ1n) is 9.92. The van der Waals surface area contributed by atoms with Crippen LogP contribution in [0, 0.1) is 5.92 Å². The van der Waals surface area contributed by atoms with Crippen LogP contribution in [-0.4, -0.2) is 22.9 Å². The maximum absolute atomic E-state index is 12.2. The molecule has 26 heavy (non-hydrogen) atoms. The maximum Gasteiger partial charge on any atom is 0.224 e. The standard InChI is InChI=1S/C23H28N2O/c26-23(24-20-9-5-2-6-10-20)14-11-19-15-21-12-13-22(16-19)25(21)17-18-7-3-1-4-8-18/h1-10,19,21-22H,11-17H2,(H,24,26). The Labute approximate surface area is 156 Å². The Morgan fingerprint density at radius 1 is 0.923 bits per heavy atom. The molecule has 0 aliphatic carbocycles. The minimum Gasteiger partial charge on any atom is -0.326 e. The Morgan fingerprint density at radius 3 is 2.19 bits per heavy atom. The van der Waals surface area contributed by atoms with E-state index >= 15 is 0 Å². The highest BCUT2D eigenvalue weighted by Gasteiger charge is 2.40. The van der Waals surface area contributed by atoms with Crippen LogP contribution in [0.25, 0.3) is 0 Å². The Morgan fingerprint density at radius 2 is 1.54 bits per heavy atom. The van der Waals surface area contributed by atoms with Crippen molar-refractivity contribution in [1.82, 2.24) is 4.90 Å². The number of amides is 1. The second-order valence-corrected chi connectivity index (χ2v) is 7.83. The number of fused-ring (bicyclic) bond motifs is 2. The van der Waals surface area contributed by atoms with Gasteiger partial charge in [-0.25, -0.2) is 0 Å². The van der Waals surface area contributed by atoms with Crippen molar-refractivity contribution in [3.05, 3.63) is 66.2 Å². The molecule has 2 aliphatic heterocycles. The highest BCUT2D eigenvalue weighted by molar-refractivity contribution is 5.90. The largest absolute Gasteiger partial charge is 0.326 e. The summed E-state index contributed by atoms with van der Waals surface area (Å²) in [5.41, 5.74) is 2.32. The van der Waals surface area contributed by atoms with Crippen molar-refractivity contribution in [1.29, 1.82) is 0 Å². The van der Waals surface area contributed by atoms with Gasteiger partial charge in [-0.05, 0) is 55.7 Å². The second kappa shape index (κ2) is 8.05. The number of hydrogen-bond donors (Lipinski definition) is 1. The number of carbonyl (C=O) groups excluding carboxylic acids is 1. The van der Waals surface area contributed by atoms with Crippen molar-refractivity contribution in [3.8, 4) is 0 Å². The molecule has 136 valence electrons. The highest BCUT2D eigenvalue weighted by atomic mass is 16.1. The molecule has 1 amide bonds. The minimum absolute atomic E-state index is 0.148. The number of piperidine rings is 1. The molecular weight excluding hydrogens is 320 g/mol. The first-order chi connectivity index (χ1) is 12.8. The summed E-state index contributed by atoms with van der Waals surface area (Å²) in [7, 11) is 0. The number of rotatable bonds is 6. The van der Waals surface area contributed by atoms with Crippen LogP contribution in [-0.2, 0) is 11.3 Å². The van der Waals surface area contributed by atoms with Gasteiger partial charge < -0.3 is 5.32 Å². The van der Waals surface area contributed by atoms with Crippen LogP contribution in [0.1, 0.15) is 44.1 Å². The van der Waals surface area contributed by atoms with Crippen molar-refractivity contribution in [3.63, 3.8) is 0 Å². The number of carbonyl (C=O) groups is 1. The van der Waals surface area contributed by atoms with Gasteiger partial charge in [-0.15, -0.1) is 0 Å². The number of anilines is 1. The van der Waals surface area contributed by atoms with Crippen LogP contribution in [0.5, 0.6) is 0 Å². The molecule has 1 N–H and O–H groups in total. The third-order valence-electron chi connectivity index (χ3n) is 6.03. The summed E-state index contributed by atoms with van der Waals surface area (Å²) in [6.45, 7) is 1.08. The van der Waals surface area contributed by atoms with E-state index in [1.54, 1.807) is 0 Å². The molecule has 2 aromatic carbocycles. The Balaban J connectivity index is 1.27. The fourth-order valence-electron chi connectivity index (χ4n) is 4.76. The molecule has 2 atom stereocenters. The van der Waals surface area contributed by atoms with Crippen molar-refractivity contribution in [2.45, 2.75) is 57.2 Å². The van der Waals surface area contributed by atoms with Crippen molar-refractivity contribution < 1.29 is 4.79 Å². The van der Waals surface area contributed by atoms with Gasteiger partial charge in [0, 0.05) is 30.7 Å². The van der Waals surface area contributed by atoms with Gasteiger partial charge in [0.05, 0.1) is 0 Å². The van der Waals surface area contributed by atoms with Crippen molar-refractivity contribution >= 4 is 11.6 Å². The monoisotopic (exact) mass is 348 g/mol. The van der Waals surface area contributed by atoms with Crippen molar-refractivity contribution in [2.24, 2.45) is 5.92 Å². The molecule has 2 bridgehead atoms. The van der Waals surface area contributed by atoms with Gasteiger partial charge >= 0.3 is 0 Å². The maximum atomic E-state index is 12.2. The summed E-state index contributed by atoms with van der Waals surface area (Å²) in [6.07, 6.45) is 6.81. The van der Waals surface area contributed by atoms with Gasteiger partial charge in [-0.2, -0.15) is 0 Å². The van der Waals surface area contributed by atoms with Gasteiger partial charge in [0.15, 0.2) is 0 Å². The van der Waals surface area contributed by atoms with E-state index < -0.39 is 0 Å². The van der Waals surface area contributed by atoms with Crippen LogP contribution in [0.4, 0.5) is 5.69 Å². The zero-order valence-electron chi connectivity index (χ0n) is 15.3. The molecule has 2 fully saturated rings. The summed E-state index contributed by atoms with van der Waals surface area (Å²) in [4.78, 5) is 14.9. The fraction of sp³-hybridized carbons (Fsp3) is 0.435. The summed E-state index contributed by atoms with van der Waals surface area (Å²) < 4.78 is 0. The first kappa shape index (κ1) is 17.3. The minimum atomic E-state index is 0.148. The summed E-state index contributed by atoms with van der Waals surface area (Å²) in [5.74, 6) is 0.844. The highest BCUT2D eigenvalue weighted by Crippen LogP contribution is 2.41. The van der Waals surface area contributed by atoms with E-state index in [1.807, 2.05) is 30.3 Å². The quantitative estimate of drug-likeness (QED) is 0.809. The molecule has 0 saturated carbocycles. The van der Waals surface area contributed by atoms with E-state index in [0.29, 0.717) is 24.4 Å². The third-order valence-corrected chi connectivity index (χ3v) is 6.03. The normalized spacial score (nSPS) is 25.2. The lowest BCUT2D eigenvalue weighted by Gasteiger charge is -2.39. The van der Waals surface area contributed by atoms with Crippen LogP contribution in [0.15, 0.2) is 60.7 Å². The van der Waals surface area contributed by atoms with Crippen LogP contribution < -0.4 is 5.32 Å². The smallest absolute Gasteiger partial charge is 0.224 e. The second-order valence-electron chi connectivity index (χ2n) is 7.83. The summed E-state index contributed by atoms with van der Waals surface area (Å²) in [5, 5.41) is 3.01. The van der Waals surface area contributed by atoms with E-state index in [-0.39, 0.29) is 5.91 Å². The van der Waals surface area contributed by atoms with Crippen molar-refractivity contribution in [2.75, 3.05) is 5.32 Å². The van der Waals surface area contributed by atoms with Gasteiger partial charge in [0.1, 0.15) is 0 Å².